The van der Waals surface area contributed by atoms with Crippen LogP contribution in [0.5, 0.6) is 0 Å². The van der Waals surface area contributed by atoms with Gasteiger partial charge < -0.3 is 15.0 Å². The lowest BCUT2D eigenvalue weighted by molar-refractivity contribution is 0.1000. The van der Waals surface area contributed by atoms with E-state index in [0.29, 0.717) is 12.2 Å². The number of carbonyl (C=O) groups is 1. The van der Waals surface area contributed by atoms with Crippen molar-refractivity contribution in [1.82, 2.24) is 4.57 Å². The first-order chi connectivity index (χ1) is 9.15. The number of rotatable bonds is 7. The summed E-state index contributed by atoms with van der Waals surface area (Å²) in [5, 5.41) is 0. The Labute approximate surface area is 118 Å². The molecule has 0 aromatic carbocycles. The van der Waals surface area contributed by atoms with Crippen LogP contribution in [0.1, 0.15) is 35.0 Å². The Bertz CT molecular complexity index is 490. The second-order valence-corrected chi connectivity index (χ2v) is 4.29. The Morgan fingerprint density at radius 1 is 1.53 bits per heavy atom. The fourth-order valence-electron chi connectivity index (χ4n) is 1.93. The lowest BCUT2D eigenvalue weighted by Gasteiger charge is -2.06. The van der Waals surface area contributed by atoms with Crippen LogP contribution in [0.2, 0.25) is 0 Å². The van der Waals surface area contributed by atoms with Gasteiger partial charge in [0, 0.05) is 43.3 Å². The minimum atomic E-state index is -0.457. The Balaban J connectivity index is 3.21. The fourth-order valence-corrected chi connectivity index (χ4v) is 2.06. The van der Waals surface area contributed by atoms with Crippen molar-refractivity contribution in [1.29, 1.82) is 0 Å². The first-order valence-corrected chi connectivity index (χ1v) is 6.50. The number of methoxy groups -OCH3 is 1. The van der Waals surface area contributed by atoms with Crippen LogP contribution < -0.4 is 5.73 Å². The number of primary amides is 1. The van der Waals surface area contributed by atoms with Crippen LogP contribution in [0.15, 0.2) is 17.8 Å². The van der Waals surface area contributed by atoms with Crippen molar-refractivity contribution < 1.29 is 9.53 Å². The number of ether oxygens (including phenoxy) is 1. The van der Waals surface area contributed by atoms with E-state index >= 15 is 0 Å². The van der Waals surface area contributed by atoms with Crippen LogP contribution in [0.3, 0.4) is 0 Å². The number of nitrogens with zero attached hydrogens (tertiary/aromatic N) is 1. The SMILES string of the molecule is C/C=C\c1c(/C=C/Cl)c(C(N)=O)cn1CCCOC. The summed E-state index contributed by atoms with van der Waals surface area (Å²) >= 11 is 5.63. The smallest absolute Gasteiger partial charge is 0.250 e. The summed E-state index contributed by atoms with van der Waals surface area (Å²) < 4.78 is 7.03. The number of aryl methyl sites for hydroxylation is 1. The molecule has 104 valence electrons. The fraction of sp³-hybridized carbons (Fsp3) is 0.357. The van der Waals surface area contributed by atoms with Crippen LogP contribution >= 0.6 is 11.6 Å². The zero-order valence-corrected chi connectivity index (χ0v) is 12.0. The first-order valence-electron chi connectivity index (χ1n) is 6.07. The highest BCUT2D eigenvalue weighted by molar-refractivity contribution is 6.27. The minimum absolute atomic E-state index is 0.457. The average molecular weight is 283 g/mol. The summed E-state index contributed by atoms with van der Waals surface area (Å²) in [6.45, 7) is 3.34. The molecule has 0 aliphatic rings. The summed E-state index contributed by atoms with van der Waals surface area (Å²) in [5.41, 5.74) is 8.93. The standard InChI is InChI=1S/C14H19ClN2O2/c1-3-5-13-11(6-7-15)12(14(16)18)10-17(13)8-4-9-19-2/h3,5-7,10H,4,8-9H2,1-2H3,(H2,16,18)/b5-3-,7-6+. The molecule has 1 amide bonds. The average Bonchev–Trinajstić information content (AvgIpc) is 2.70. The third-order valence-electron chi connectivity index (χ3n) is 2.73. The van der Waals surface area contributed by atoms with Crippen molar-refractivity contribution in [2.24, 2.45) is 5.73 Å². The number of nitrogens with two attached hydrogens (primary N) is 1. The molecule has 0 aliphatic heterocycles. The maximum atomic E-state index is 11.5. The molecule has 0 unspecified atom stereocenters. The molecular formula is C14H19ClN2O2. The van der Waals surface area contributed by atoms with Gasteiger partial charge in [0.25, 0.3) is 5.91 Å². The molecule has 1 aromatic heterocycles. The number of carbonyl (C=O) groups excluding carboxylic acids is 1. The molecule has 0 spiro atoms. The Kier molecular flexibility index (Phi) is 6.39. The number of amides is 1. The molecule has 1 rings (SSSR count). The van der Waals surface area contributed by atoms with Gasteiger partial charge in [0.05, 0.1) is 5.56 Å². The van der Waals surface area contributed by atoms with E-state index in [1.807, 2.05) is 23.6 Å². The lowest BCUT2D eigenvalue weighted by Crippen LogP contribution is -2.11. The molecule has 0 bridgehead atoms. The molecule has 0 radical (unpaired) electrons. The molecule has 0 atom stereocenters. The molecule has 0 saturated heterocycles. The van der Waals surface area contributed by atoms with Crippen molar-refractivity contribution in [2.75, 3.05) is 13.7 Å². The molecule has 0 aliphatic carbocycles. The lowest BCUT2D eigenvalue weighted by atomic mass is 10.1. The van der Waals surface area contributed by atoms with Crippen LogP contribution in [0, 0.1) is 0 Å². The summed E-state index contributed by atoms with van der Waals surface area (Å²) in [4.78, 5) is 11.5. The van der Waals surface area contributed by atoms with Gasteiger partial charge in [0.15, 0.2) is 0 Å². The highest BCUT2D eigenvalue weighted by Gasteiger charge is 2.15. The van der Waals surface area contributed by atoms with Gasteiger partial charge in [0.2, 0.25) is 0 Å². The van der Waals surface area contributed by atoms with Crippen molar-refractivity contribution in [3.05, 3.63) is 34.6 Å². The third kappa shape index (κ3) is 3.98. The van der Waals surface area contributed by atoms with E-state index in [4.69, 9.17) is 22.1 Å². The Morgan fingerprint density at radius 3 is 2.79 bits per heavy atom. The van der Waals surface area contributed by atoms with Gasteiger partial charge in [-0.1, -0.05) is 17.7 Å². The molecule has 19 heavy (non-hydrogen) atoms. The molecule has 0 fully saturated rings. The summed E-state index contributed by atoms with van der Waals surface area (Å²) in [6.07, 6.45) is 8.16. The van der Waals surface area contributed by atoms with Gasteiger partial charge in [-0.25, -0.2) is 0 Å². The van der Waals surface area contributed by atoms with Crippen molar-refractivity contribution in [3.8, 4) is 0 Å². The molecule has 1 heterocycles. The third-order valence-corrected chi connectivity index (χ3v) is 2.85. The Morgan fingerprint density at radius 2 is 2.26 bits per heavy atom. The van der Waals surface area contributed by atoms with Gasteiger partial charge in [0.1, 0.15) is 0 Å². The normalized spacial score (nSPS) is 11.7. The quantitative estimate of drug-likeness (QED) is 0.782. The van der Waals surface area contributed by atoms with Crippen LogP contribution in [-0.4, -0.2) is 24.2 Å². The Hall–Kier alpha value is -1.52. The molecule has 1 aromatic rings. The summed E-state index contributed by atoms with van der Waals surface area (Å²) in [7, 11) is 1.67. The number of halogens is 1. The van der Waals surface area contributed by atoms with E-state index in [0.717, 1.165) is 24.2 Å². The van der Waals surface area contributed by atoms with Gasteiger partial charge in [-0.15, -0.1) is 0 Å². The van der Waals surface area contributed by atoms with E-state index in [1.54, 1.807) is 19.4 Å². The molecule has 4 nitrogen and oxygen atoms in total. The minimum Gasteiger partial charge on any atom is -0.385 e. The van der Waals surface area contributed by atoms with Crippen LogP contribution in [0.25, 0.3) is 12.2 Å². The topological polar surface area (TPSA) is 57.2 Å². The van der Waals surface area contributed by atoms with Crippen LogP contribution in [-0.2, 0) is 11.3 Å². The van der Waals surface area contributed by atoms with Gasteiger partial charge >= 0.3 is 0 Å². The molecular weight excluding hydrogens is 264 g/mol. The number of hydrogen-bond acceptors (Lipinski definition) is 2. The predicted molar refractivity (Wildman–Crippen MR) is 79.0 cm³/mol. The summed E-state index contributed by atoms with van der Waals surface area (Å²) in [6, 6.07) is 0. The second kappa shape index (κ2) is 7.81. The van der Waals surface area contributed by atoms with E-state index in [-0.39, 0.29) is 0 Å². The highest BCUT2D eigenvalue weighted by atomic mass is 35.5. The van der Waals surface area contributed by atoms with Gasteiger partial charge in [-0.3, -0.25) is 4.79 Å². The number of aromatic nitrogens is 1. The van der Waals surface area contributed by atoms with E-state index in [1.165, 1.54) is 5.54 Å². The van der Waals surface area contributed by atoms with E-state index in [9.17, 15) is 4.79 Å². The predicted octanol–water partition coefficient (Wildman–Crippen LogP) is 2.87. The molecule has 0 saturated carbocycles. The van der Waals surface area contributed by atoms with Crippen LogP contribution in [0.4, 0.5) is 0 Å². The first kappa shape index (κ1) is 15.5. The molecule has 2 N–H and O–H groups in total. The largest absolute Gasteiger partial charge is 0.385 e. The maximum absolute atomic E-state index is 11.5. The molecule has 5 heteroatoms. The highest BCUT2D eigenvalue weighted by Crippen LogP contribution is 2.22. The monoisotopic (exact) mass is 282 g/mol. The summed E-state index contributed by atoms with van der Waals surface area (Å²) in [5.74, 6) is -0.457. The second-order valence-electron chi connectivity index (χ2n) is 4.04. The van der Waals surface area contributed by atoms with Gasteiger partial charge in [-0.05, 0) is 25.5 Å². The van der Waals surface area contributed by atoms with E-state index in [2.05, 4.69) is 0 Å². The zero-order chi connectivity index (χ0) is 14.3. The number of hydrogen-bond donors (Lipinski definition) is 1. The zero-order valence-electron chi connectivity index (χ0n) is 11.2. The van der Waals surface area contributed by atoms with Gasteiger partial charge in [-0.2, -0.15) is 0 Å². The number of allylic oxidation sites excluding steroid dienone is 1. The van der Waals surface area contributed by atoms with Crippen molar-refractivity contribution in [3.63, 3.8) is 0 Å². The maximum Gasteiger partial charge on any atom is 0.250 e. The van der Waals surface area contributed by atoms with Crippen molar-refractivity contribution in [2.45, 2.75) is 19.9 Å². The van der Waals surface area contributed by atoms with Crippen molar-refractivity contribution >= 4 is 29.7 Å². The van der Waals surface area contributed by atoms with E-state index < -0.39 is 5.91 Å².